The van der Waals surface area contributed by atoms with Crippen LogP contribution in [0.15, 0.2) is 36.5 Å². The molecular formula is C13H11NO3. The van der Waals surface area contributed by atoms with E-state index in [0.717, 1.165) is 11.3 Å². The number of hydrogen-bond acceptors (Lipinski definition) is 3. The van der Waals surface area contributed by atoms with Crippen molar-refractivity contribution in [2.24, 2.45) is 0 Å². The first-order valence-corrected chi connectivity index (χ1v) is 5.07. The van der Waals surface area contributed by atoms with Gasteiger partial charge in [0.1, 0.15) is 5.75 Å². The Hall–Kier alpha value is -2.36. The molecule has 2 aromatic rings. The molecule has 0 aliphatic rings. The van der Waals surface area contributed by atoms with Gasteiger partial charge < -0.3 is 10.2 Å². The van der Waals surface area contributed by atoms with Crippen molar-refractivity contribution in [2.45, 2.75) is 6.92 Å². The van der Waals surface area contributed by atoms with Crippen LogP contribution >= 0.6 is 0 Å². The van der Waals surface area contributed by atoms with Gasteiger partial charge in [-0.3, -0.25) is 4.98 Å². The summed E-state index contributed by atoms with van der Waals surface area (Å²) in [5.41, 5.74) is 2.25. The summed E-state index contributed by atoms with van der Waals surface area (Å²) >= 11 is 0. The quantitative estimate of drug-likeness (QED) is 0.829. The molecule has 0 aliphatic carbocycles. The van der Waals surface area contributed by atoms with Crippen LogP contribution in [0.3, 0.4) is 0 Å². The minimum atomic E-state index is -1.01. The number of carbonyl (C=O) groups is 1. The topological polar surface area (TPSA) is 70.4 Å². The van der Waals surface area contributed by atoms with Crippen LogP contribution in [0.1, 0.15) is 16.1 Å². The third-order valence-electron chi connectivity index (χ3n) is 2.45. The van der Waals surface area contributed by atoms with Gasteiger partial charge in [-0.1, -0.05) is 12.1 Å². The summed E-state index contributed by atoms with van der Waals surface area (Å²) in [6.07, 6.45) is 1.35. The fourth-order valence-electron chi connectivity index (χ4n) is 1.61. The highest BCUT2D eigenvalue weighted by atomic mass is 16.4. The molecule has 0 radical (unpaired) electrons. The van der Waals surface area contributed by atoms with Gasteiger partial charge in [0.25, 0.3) is 0 Å². The largest absolute Gasteiger partial charge is 0.508 e. The summed E-state index contributed by atoms with van der Waals surface area (Å²) in [5.74, 6) is -0.864. The molecule has 4 heteroatoms. The Morgan fingerprint density at radius 3 is 2.47 bits per heavy atom. The molecule has 0 fully saturated rings. The third-order valence-corrected chi connectivity index (χ3v) is 2.45. The van der Waals surface area contributed by atoms with Crippen molar-refractivity contribution in [3.63, 3.8) is 0 Å². The van der Waals surface area contributed by atoms with Crippen LogP contribution < -0.4 is 0 Å². The van der Waals surface area contributed by atoms with Gasteiger partial charge >= 0.3 is 5.97 Å². The Balaban J connectivity index is 2.60. The van der Waals surface area contributed by atoms with Crippen LogP contribution in [-0.2, 0) is 0 Å². The maximum absolute atomic E-state index is 11.1. The second-order valence-corrected chi connectivity index (χ2v) is 3.72. The average molecular weight is 229 g/mol. The first-order valence-electron chi connectivity index (χ1n) is 5.07. The zero-order valence-electron chi connectivity index (χ0n) is 9.21. The fraction of sp³-hybridized carbons (Fsp3) is 0.0769. The second kappa shape index (κ2) is 4.25. The average Bonchev–Trinajstić information content (AvgIpc) is 2.29. The molecule has 1 aromatic carbocycles. The molecule has 0 atom stereocenters. The summed E-state index contributed by atoms with van der Waals surface area (Å²) in [4.78, 5) is 15.1. The van der Waals surface area contributed by atoms with E-state index in [1.165, 1.54) is 18.3 Å². The van der Waals surface area contributed by atoms with E-state index in [0.29, 0.717) is 5.56 Å². The van der Waals surface area contributed by atoms with Gasteiger partial charge in [-0.25, -0.2) is 4.79 Å². The van der Waals surface area contributed by atoms with Gasteiger partial charge in [-0.05, 0) is 36.2 Å². The van der Waals surface area contributed by atoms with Crippen LogP contribution in [0.2, 0.25) is 0 Å². The first kappa shape index (κ1) is 11.1. The number of pyridine rings is 1. The Morgan fingerprint density at radius 2 is 1.88 bits per heavy atom. The van der Waals surface area contributed by atoms with Crippen molar-refractivity contribution in [3.8, 4) is 16.9 Å². The molecule has 1 aromatic heterocycles. The van der Waals surface area contributed by atoms with Crippen molar-refractivity contribution in [3.05, 3.63) is 47.8 Å². The molecule has 4 nitrogen and oxygen atoms in total. The molecule has 0 aliphatic heterocycles. The summed E-state index contributed by atoms with van der Waals surface area (Å²) in [6.45, 7) is 1.80. The van der Waals surface area contributed by atoms with Crippen molar-refractivity contribution in [1.82, 2.24) is 4.98 Å². The monoisotopic (exact) mass is 229 g/mol. The zero-order chi connectivity index (χ0) is 12.4. The minimum Gasteiger partial charge on any atom is -0.508 e. The third kappa shape index (κ3) is 2.25. The molecular weight excluding hydrogens is 218 g/mol. The molecule has 0 unspecified atom stereocenters. The highest BCUT2D eigenvalue weighted by Gasteiger charge is 2.12. The van der Waals surface area contributed by atoms with E-state index in [9.17, 15) is 9.90 Å². The maximum atomic E-state index is 11.1. The summed E-state index contributed by atoms with van der Waals surface area (Å²) in [7, 11) is 0. The molecule has 1 heterocycles. The van der Waals surface area contributed by atoms with E-state index in [1.54, 1.807) is 25.1 Å². The van der Waals surface area contributed by atoms with Crippen molar-refractivity contribution < 1.29 is 15.0 Å². The molecule has 0 saturated heterocycles. The van der Waals surface area contributed by atoms with Crippen molar-refractivity contribution >= 4 is 5.97 Å². The van der Waals surface area contributed by atoms with Gasteiger partial charge in [0.15, 0.2) is 0 Å². The predicted octanol–water partition coefficient (Wildman–Crippen LogP) is 2.46. The van der Waals surface area contributed by atoms with Gasteiger partial charge in [0.05, 0.1) is 5.56 Å². The van der Waals surface area contributed by atoms with Gasteiger partial charge in [-0.15, -0.1) is 0 Å². The number of aromatic hydroxyl groups is 1. The Morgan fingerprint density at radius 1 is 1.24 bits per heavy atom. The SMILES string of the molecule is Cc1cc(-c2ccc(O)cc2)c(C(=O)O)cn1. The number of aryl methyl sites for hydroxylation is 1. The highest BCUT2D eigenvalue weighted by Crippen LogP contribution is 2.25. The van der Waals surface area contributed by atoms with Gasteiger partial charge in [0.2, 0.25) is 0 Å². The number of carboxylic acids is 1. The number of aromatic nitrogens is 1. The molecule has 0 amide bonds. The number of aromatic carboxylic acids is 1. The smallest absolute Gasteiger partial charge is 0.337 e. The van der Waals surface area contributed by atoms with E-state index in [4.69, 9.17) is 5.11 Å². The van der Waals surface area contributed by atoms with Crippen LogP contribution in [-0.4, -0.2) is 21.2 Å². The van der Waals surface area contributed by atoms with Gasteiger partial charge in [0, 0.05) is 11.9 Å². The van der Waals surface area contributed by atoms with E-state index < -0.39 is 5.97 Å². The lowest BCUT2D eigenvalue weighted by Crippen LogP contribution is -2.01. The molecule has 2 rings (SSSR count). The molecule has 2 N–H and O–H groups in total. The molecule has 0 bridgehead atoms. The Labute approximate surface area is 98.2 Å². The first-order chi connectivity index (χ1) is 8.08. The highest BCUT2D eigenvalue weighted by molar-refractivity contribution is 5.95. The Bertz CT molecular complexity index is 561. The summed E-state index contributed by atoms with van der Waals surface area (Å²) in [6, 6.07) is 8.12. The normalized spacial score (nSPS) is 10.2. The van der Waals surface area contributed by atoms with E-state index in [-0.39, 0.29) is 11.3 Å². The lowest BCUT2D eigenvalue weighted by molar-refractivity contribution is 0.0697. The zero-order valence-corrected chi connectivity index (χ0v) is 9.21. The lowest BCUT2D eigenvalue weighted by atomic mass is 10.0. The predicted molar refractivity (Wildman–Crippen MR) is 63.0 cm³/mol. The standard InChI is InChI=1S/C13H11NO3/c1-8-6-11(12(7-14-8)13(16)17)9-2-4-10(15)5-3-9/h2-7,15H,1H3,(H,16,17). The number of hydrogen-bond donors (Lipinski definition) is 2. The molecule has 17 heavy (non-hydrogen) atoms. The molecule has 0 saturated carbocycles. The number of phenols is 1. The van der Waals surface area contributed by atoms with Gasteiger partial charge in [-0.2, -0.15) is 0 Å². The Kier molecular flexibility index (Phi) is 2.78. The van der Waals surface area contributed by atoms with Crippen LogP contribution in [0.5, 0.6) is 5.75 Å². The van der Waals surface area contributed by atoms with E-state index >= 15 is 0 Å². The van der Waals surface area contributed by atoms with Crippen LogP contribution in [0.25, 0.3) is 11.1 Å². The number of phenolic OH excluding ortho intramolecular Hbond substituents is 1. The number of nitrogens with zero attached hydrogens (tertiary/aromatic N) is 1. The number of rotatable bonds is 2. The second-order valence-electron chi connectivity index (χ2n) is 3.72. The summed E-state index contributed by atoms with van der Waals surface area (Å²) < 4.78 is 0. The van der Waals surface area contributed by atoms with Crippen molar-refractivity contribution in [1.29, 1.82) is 0 Å². The van der Waals surface area contributed by atoms with E-state index in [2.05, 4.69) is 4.98 Å². The number of benzene rings is 1. The molecule has 0 spiro atoms. The van der Waals surface area contributed by atoms with Crippen LogP contribution in [0, 0.1) is 6.92 Å². The lowest BCUT2D eigenvalue weighted by Gasteiger charge is -2.07. The molecule has 86 valence electrons. The maximum Gasteiger partial charge on any atom is 0.337 e. The van der Waals surface area contributed by atoms with Crippen LogP contribution in [0.4, 0.5) is 0 Å². The fourth-order valence-corrected chi connectivity index (χ4v) is 1.61. The van der Waals surface area contributed by atoms with E-state index in [1.807, 2.05) is 0 Å². The van der Waals surface area contributed by atoms with Crippen molar-refractivity contribution in [2.75, 3.05) is 0 Å². The summed E-state index contributed by atoms with van der Waals surface area (Å²) in [5, 5.41) is 18.3. The minimum absolute atomic E-state index is 0.149. The number of carboxylic acid groups (broad SMARTS) is 1.